The summed E-state index contributed by atoms with van der Waals surface area (Å²) in [6, 6.07) is 4.17. The second-order valence-corrected chi connectivity index (χ2v) is 7.38. The summed E-state index contributed by atoms with van der Waals surface area (Å²) in [5.74, 6) is 0.279. The van der Waals surface area contributed by atoms with E-state index in [0.29, 0.717) is 6.54 Å². The SMILES string of the molecule is Cc1cscc1CN1C(=O)C2(CC2)NC1c1cccs1. The van der Waals surface area contributed by atoms with Crippen LogP contribution >= 0.6 is 22.7 Å². The first-order valence-electron chi connectivity index (χ1n) is 6.83. The quantitative estimate of drug-likeness (QED) is 0.944. The minimum atomic E-state index is -0.251. The minimum Gasteiger partial charge on any atom is -0.316 e. The summed E-state index contributed by atoms with van der Waals surface area (Å²) < 4.78 is 0. The van der Waals surface area contributed by atoms with Gasteiger partial charge in [0.2, 0.25) is 5.91 Å². The number of hydrogen-bond donors (Lipinski definition) is 1. The zero-order valence-corrected chi connectivity index (χ0v) is 12.9. The van der Waals surface area contributed by atoms with Crippen molar-refractivity contribution < 1.29 is 4.79 Å². The number of rotatable bonds is 3. The van der Waals surface area contributed by atoms with Crippen molar-refractivity contribution >= 4 is 28.6 Å². The Kier molecular flexibility index (Phi) is 2.77. The fourth-order valence-corrected chi connectivity index (χ4v) is 4.48. The van der Waals surface area contributed by atoms with Crippen LogP contribution in [0.5, 0.6) is 0 Å². The van der Waals surface area contributed by atoms with Crippen molar-refractivity contribution in [2.24, 2.45) is 0 Å². The summed E-state index contributed by atoms with van der Waals surface area (Å²) >= 11 is 3.43. The van der Waals surface area contributed by atoms with Crippen molar-refractivity contribution in [3.8, 4) is 0 Å². The van der Waals surface area contributed by atoms with E-state index in [1.165, 1.54) is 16.0 Å². The third-order valence-corrected chi connectivity index (χ3v) is 6.09. The molecule has 1 N–H and O–H groups in total. The number of thiophene rings is 2. The van der Waals surface area contributed by atoms with E-state index in [2.05, 4.69) is 40.5 Å². The van der Waals surface area contributed by atoms with Crippen LogP contribution in [0.3, 0.4) is 0 Å². The van der Waals surface area contributed by atoms with E-state index in [9.17, 15) is 4.79 Å². The Morgan fingerprint density at radius 1 is 1.45 bits per heavy atom. The molecule has 2 aromatic rings. The zero-order chi connectivity index (χ0) is 13.7. The Hall–Kier alpha value is -1.17. The molecule has 2 aliphatic rings. The maximum absolute atomic E-state index is 12.7. The van der Waals surface area contributed by atoms with Gasteiger partial charge in [0, 0.05) is 11.4 Å². The minimum absolute atomic E-state index is 0.0456. The van der Waals surface area contributed by atoms with Gasteiger partial charge in [-0.2, -0.15) is 11.3 Å². The molecule has 1 saturated carbocycles. The lowest BCUT2D eigenvalue weighted by molar-refractivity contribution is -0.131. The van der Waals surface area contributed by atoms with E-state index < -0.39 is 0 Å². The lowest BCUT2D eigenvalue weighted by atomic mass is 10.2. The highest BCUT2D eigenvalue weighted by Gasteiger charge is 2.59. The lowest BCUT2D eigenvalue weighted by Crippen LogP contribution is -2.32. The van der Waals surface area contributed by atoms with Gasteiger partial charge in [-0.3, -0.25) is 10.1 Å². The summed E-state index contributed by atoms with van der Waals surface area (Å²) in [6.07, 6.45) is 2.00. The third kappa shape index (κ3) is 1.84. The molecule has 1 unspecified atom stereocenters. The standard InChI is InChI=1S/C15H16N2OS2/c1-10-8-19-9-11(10)7-17-13(12-3-2-6-20-12)16-15(4-5-15)14(17)18/h2-3,6,8-9,13,16H,4-5,7H2,1H3. The molecule has 1 atom stereocenters. The zero-order valence-electron chi connectivity index (χ0n) is 11.3. The van der Waals surface area contributed by atoms with Crippen LogP contribution in [0.15, 0.2) is 28.3 Å². The van der Waals surface area contributed by atoms with Gasteiger partial charge in [-0.1, -0.05) is 6.07 Å². The van der Waals surface area contributed by atoms with Crippen LogP contribution in [0, 0.1) is 6.92 Å². The molecule has 104 valence electrons. The van der Waals surface area contributed by atoms with Crippen LogP contribution in [0.2, 0.25) is 0 Å². The van der Waals surface area contributed by atoms with Crippen LogP contribution < -0.4 is 5.32 Å². The molecule has 4 rings (SSSR count). The molecule has 1 aliphatic heterocycles. The van der Waals surface area contributed by atoms with Crippen molar-refractivity contribution in [1.29, 1.82) is 0 Å². The average molecular weight is 304 g/mol. The predicted octanol–water partition coefficient (Wildman–Crippen LogP) is 3.28. The number of aryl methyl sites for hydroxylation is 1. The number of hydrogen-bond acceptors (Lipinski definition) is 4. The molecular weight excluding hydrogens is 288 g/mol. The number of carbonyl (C=O) groups is 1. The molecular formula is C15H16N2OS2. The van der Waals surface area contributed by atoms with E-state index in [0.717, 1.165) is 12.8 Å². The van der Waals surface area contributed by atoms with E-state index in [1.54, 1.807) is 22.7 Å². The fourth-order valence-electron chi connectivity index (χ4n) is 2.84. The molecule has 2 fully saturated rings. The lowest BCUT2D eigenvalue weighted by Gasteiger charge is -2.23. The number of amides is 1. The predicted molar refractivity (Wildman–Crippen MR) is 81.8 cm³/mol. The van der Waals surface area contributed by atoms with Crippen molar-refractivity contribution in [1.82, 2.24) is 10.2 Å². The molecule has 5 heteroatoms. The van der Waals surface area contributed by atoms with Gasteiger partial charge in [0.1, 0.15) is 11.7 Å². The molecule has 0 bridgehead atoms. The molecule has 1 spiro atoms. The molecule has 0 radical (unpaired) electrons. The average Bonchev–Trinajstić information content (AvgIpc) is 2.79. The maximum atomic E-state index is 12.7. The van der Waals surface area contributed by atoms with Crippen molar-refractivity contribution in [2.45, 2.75) is 38.0 Å². The van der Waals surface area contributed by atoms with Gasteiger partial charge >= 0.3 is 0 Å². The molecule has 1 amide bonds. The topological polar surface area (TPSA) is 32.3 Å². The highest BCUT2D eigenvalue weighted by molar-refractivity contribution is 7.10. The second-order valence-electron chi connectivity index (χ2n) is 5.66. The third-order valence-electron chi connectivity index (χ3n) is 4.26. The van der Waals surface area contributed by atoms with Crippen molar-refractivity contribution in [2.75, 3.05) is 0 Å². The molecule has 2 aromatic heterocycles. The van der Waals surface area contributed by atoms with Gasteiger partial charge in [-0.25, -0.2) is 0 Å². The Labute approximate surface area is 126 Å². The summed E-state index contributed by atoms with van der Waals surface area (Å²) in [6.45, 7) is 2.83. The second kappa shape index (κ2) is 4.41. The normalized spacial score (nSPS) is 23.8. The summed E-state index contributed by atoms with van der Waals surface area (Å²) in [5.41, 5.74) is 2.30. The largest absolute Gasteiger partial charge is 0.316 e. The summed E-state index contributed by atoms with van der Waals surface area (Å²) in [5, 5.41) is 9.95. The first kappa shape index (κ1) is 12.6. The molecule has 1 saturated heterocycles. The highest BCUT2D eigenvalue weighted by Crippen LogP contribution is 2.47. The van der Waals surface area contributed by atoms with Crippen LogP contribution in [0.4, 0.5) is 0 Å². The van der Waals surface area contributed by atoms with Crippen LogP contribution in [-0.4, -0.2) is 16.3 Å². The van der Waals surface area contributed by atoms with Crippen molar-refractivity contribution in [3.05, 3.63) is 44.3 Å². The molecule has 0 aromatic carbocycles. The van der Waals surface area contributed by atoms with Gasteiger partial charge in [0.25, 0.3) is 0 Å². The van der Waals surface area contributed by atoms with E-state index in [4.69, 9.17) is 0 Å². The Morgan fingerprint density at radius 2 is 2.30 bits per heavy atom. The number of nitrogens with one attached hydrogen (secondary N) is 1. The van der Waals surface area contributed by atoms with Gasteiger partial charge in [-0.15, -0.1) is 11.3 Å². The first-order chi connectivity index (χ1) is 9.70. The number of nitrogens with zero attached hydrogens (tertiary/aromatic N) is 1. The molecule has 20 heavy (non-hydrogen) atoms. The Morgan fingerprint density at radius 3 is 2.90 bits per heavy atom. The van der Waals surface area contributed by atoms with E-state index >= 15 is 0 Å². The van der Waals surface area contributed by atoms with Crippen LogP contribution in [-0.2, 0) is 11.3 Å². The summed E-state index contributed by atoms with van der Waals surface area (Å²) in [7, 11) is 0. The van der Waals surface area contributed by atoms with Gasteiger partial charge < -0.3 is 4.90 Å². The fraction of sp³-hybridized carbons (Fsp3) is 0.400. The summed E-state index contributed by atoms with van der Waals surface area (Å²) in [4.78, 5) is 16.0. The monoisotopic (exact) mass is 304 g/mol. The number of carbonyl (C=O) groups excluding carboxylic acids is 1. The Balaban J connectivity index is 1.67. The smallest absolute Gasteiger partial charge is 0.244 e. The van der Waals surface area contributed by atoms with Gasteiger partial charge in [0.05, 0.1) is 0 Å². The molecule has 3 nitrogen and oxygen atoms in total. The van der Waals surface area contributed by atoms with Crippen molar-refractivity contribution in [3.63, 3.8) is 0 Å². The molecule has 1 aliphatic carbocycles. The van der Waals surface area contributed by atoms with Crippen LogP contribution in [0.1, 0.15) is 35.0 Å². The molecule has 3 heterocycles. The van der Waals surface area contributed by atoms with E-state index in [1.807, 2.05) is 4.90 Å². The van der Waals surface area contributed by atoms with Gasteiger partial charge in [-0.05, 0) is 53.1 Å². The first-order valence-corrected chi connectivity index (χ1v) is 8.66. The van der Waals surface area contributed by atoms with Gasteiger partial charge in [0.15, 0.2) is 0 Å². The highest BCUT2D eigenvalue weighted by atomic mass is 32.1. The maximum Gasteiger partial charge on any atom is 0.244 e. The Bertz CT molecular complexity index is 643. The van der Waals surface area contributed by atoms with Crippen LogP contribution in [0.25, 0.3) is 0 Å². The van der Waals surface area contributed by atoms with E-state index in [-0.39, 0.29) is 17.6 Å².